The molecule has 0 saturated heterocycles. The maximum Gasteiger partial charge on any atom is 0.138 e. The Morgan fingerprint density at radius 1 is 0.425 bits per heavy atom. The Bertz CT molecular complexity index is 1400. The molecule has 0 spiro atoms. The summed E-state index contributed by atoms with van der Waals surface area (Å²) in [5.41, 5.74) is 4.54. The molecule has 4 aromatic carbocycles. The lowest BCUT2D eigenvalue weighted by atomic mass is 10.1. The third kappa shape index (κ3) is 6.31. The van der Waals surface area contributed by atoms with E-state index in [1.54, 1.807) is 0 Å². The molecule has 2 N–H and O–H groups in total. The Balaban J connectivity index is 1.10. The van der Waals surface area contributed by atoms with Crippen molar-refractivity contribution in [1.82, 2.24) is 19.9 Å². The number of aromatic amines is 2. The first-order valence-electron chi connectivity index (χ1n) is 13.7. The SMILES string of the molecule is c1ccc(P(c2ccccc2)c2ncc(CCCCc3cnc(P(c4ccccc4)c4ccccc4)[nH]3)[nH]2)cc1. The van der Waals surface area contributed by atoms with Gasteiger partial charge in [-0.3, -0.25) is 0 Å². The van der Waals surface area contributed by atoms with E-state index in [1.807, 2.05) is 12.4 Å². The number of hydrogen-bond acceptors (Lipinski definition) is 2. The van der Waals surface area contributed by atoms with Crippen LogP contribution in [0.1, 0.15) is 24.2 Å². The predicted octanol–water partition coefficient (Wildman–Crippen LogP) is 5.21. The van der Waals surface area contributed by atoms with Crippen LogP contribution in [0.2, 0.25) is 0 Å². The van der Waals surface area contributed by atoms with Gasteiger partial charge in [-0.15, -0.1) is 0 Å². The van der Waals surface area contributed by atoms with Crippen molar-refractivity contribution in [2.24, 2.45) is 0 Å². The number of nitrogens with one attached hydrogen (secondary N) is 2. The molecule has 0 radical (unpaired) electrons. The summed E-state index contributed by atoms with van der Waals surface area (Å²) in [6, 6.07) is 42.9. The van der Waals surface area contributed by atoms with Gasteiger partial charge in [0.15, 0.2) is 0 Å². The van der Waals surface area contributed by atoms with Crippen molar-refractivity contribution in [2.75, 3.05) is 0 Å². The van der Waals surface area contributed by atoms with Crippen molar-refractivity contribution in [1.29, 1.82) is 0 Å². The Hall–Kier alpha value is -3.84. The minimum atomic E-state index is -0.700. The van der Waals surface area contributed by atoms with Gasteiger partial charge < -0.3 is 9.97 Å². The summed E-state index contributed by atoms with van der Waals surface area (Å²) >= 11 is 0. The van der Waals surface area contributed by atoms with Gasteiger partial charge in [0.1, 0.15) is 11.1 Å². The van der Waals surface area contributed by atoms with Crippen LogP contribution in [-0.4, -0.2) is 19.9 Å². The number of imidazole rings is 2. The topological polar surface area (TPSA) is 57.4 Å². The number of rotatable bonds is 11. The maximum atomic E-state index is 4.85. The summed E-state index contributed by atoms with van der Waals surface area (Å²) in [5, 5.41) is 5.24. The molecule has 0 fully saturated rings. The van der Waals surface area contributed by atoms with E-state index >= 15 is 0 Å². The molecule has 0 amide bonds. The van der Waals surface area contributed by atoms with Crippen LogP contribution in [0, 0.1) is 0 Å². The highest BCUT2D eigenvalue weighted by atomic mass is 31.1. The number of aromatic nitrogens is 4. The van der Waals surface area contributed by atoms with Crippen LogP contribution in [0.3, 0.4) is 0 Å². The van der Waals surface area contributed by atoms with E-state index in [0.29, 0.717) is 0 Å². The van der Waals surface area contributed by atoms with Crippen LogP contribution >= 0.6 is 15.8 Å². The average Bonchev–Trinajstić information content (AvgIpc) is 3.68. The van der Waals surface area contributed by atoms with Gasteiger partial charge in [0.25, 0.3) is 0 Å². The summed E-state index contributed by atoms with van der Waals surface area (Å²) < 4.78 is 0. The van der Waals surface area contributed by atoms with E-state index in [1.165, 1.54) is 32.6 Å². The molecule has 0 atom stereocenters. The molecule has 2 aromatic heterocycles. The maximum absolute atomic E-state index is 4.85. The van der Waals surface area contributed by atoms with Crippen molar-refractivity contribution < 1.29 is 0 Å². The largest absolute Gasteiger partial charge is 0.342 e. The van der Waals surface area contributed by atoms with Crippen molar-refractivity contribution in [3.05, 3.63) is 145 Å². The number of H-pyrrole nitrogens is 2. The lowest BCUT2D eigenvalue weighted by Gasteiger charge is -2.16. The Labute approximate surface area is 238 Å². The van der Waals surface area contributed by atoms with Crippen molar-refractivity contribution in [3.63, 3.8) is 0 Å². The smallest absolute Gasteiger partial charge is 0.138 e. The van der Waals surface area contributed by atoms with Crippen LogP contribution in [0.5, 0.6) is 0 Å². The quantitative estimate of drug-likeness (QED) is 0.169. The van der Waals surface area contributed by atoms with Crippen molar-refractivity contribution in [3.8, 4) is 0 Å². The van der Waals surface area contributed by atoms with E-state index in [2.05, 4.69) is 131 Å². The van der Waals surface area contributed by atoms with Gasteiger partial charge in [0.05, 0.1) is 0 Å². The fourth-order valence-electron chi connectivity index (χ4n) is 4.90. The van der Waals surface area contributed by atoms with Crippen LogP contribution < -0.4 is 32.3 Å². The molecule has 0 aliphatic rings. The molecule has 0 saturated carbocycles. The number of nitrogens with zero attached hydrogens (tertiary/aromatic N) is 2. The summed E-state index contributed by atoms with van der Waals surface area (Å²) in [4.78, 5) is 17.0. The Morgan fingerprint density at radius 3 is 1.02 bits per heavy atom. The number of benzene rings is 4. The molecule has 198 valence electrons. The minimum Gasteiger partial charge on any atom is -0.342 e. The first kappa shape index (κ1) is 26.4. The standard InChI is InChI=1S/C34H32N4P2/c1-5-17-29(18-6-1)39(30-19-7-2-8-20-30)33-35-25-27(37-33)15-13-14-16-28-26-36-34(38-28)40(31-21-9-3-10-22-31)32-23-11-4-12-24-32/h1-12,17-26H,13-16H2,(H,35,37)(H,36,38). The zero-order chi connectivity index (χ0) is 27.0. The lowest BCUT2D eigenvalue weighted by Crippen LogP contribution is -2.23. The molecule has 2 heterocycles. The van der Waals surface area contributed by atoms with Gasteiger partial charge in [0, 0.05) is 39.6 Å². The van der Waals surface area contributed by atoms with E-state index < -0.39 is 15.8 Å². The molecular formula is C34H32N4P2. The summed E-state index contributed by atoms with van der Waals surface area (Å²) in [6.45, 7) is 0. The third-order valence-electron chi connectivity index (χ3n) is 6.85. The molecule has 6 rings (SSSR count). The highest BCUT2D eigenvalue weighted by Crippen LogP contribution is 2.32. The van der Waals surface area contributed by atoms with E-state index in [0.717, 1.165) is 36.8 Å². The van der Waals surface area contributed by atoms with Crippen LogP contribution in [-0.2, 0) is 12.8 Å². The zero-order valence-electron chi connectivity index (χ0n) is 22.3. The number of aryl methyl sites for hydroxylation is 2. The van der Waals surface area contributed by atoms with Gasteiger partial charge in [-0.1, -0.05) is 121 Å². The first-order chi connectivity index (χ1) is 19.8. The third-order valence-corrected chi connectivity index (χ3v) is 11.4. The number of unbranched alkanes of at least 4 members (excludes halogenated alkanes) is 1. The van der Waals surface area contributed by atoms with Crippen molar-refractivity contribution >= 4 is 48.2 Å². The minimum absolute atomic E-state index is 0.700. The normalized spacial score (nSPS) is 11.3. The van der Waals surface area contributed by atoms with Gasteiger partial charge in [-0.05, 0) is 46.9 Å². The Kier molecular flexibility index (Phi) is 8.58. The van der Waals surface area contributed by atoms with Gasteiger partial charge in [-0.2, -0.15) is 0 Å². The monoisotopic (exact) mass is 558 g/mol. The molecule has 4 nitrogen and oxygen atoms in total. The van der Waals surface area contributed by atoms with E-state index in [9.17, 15) is 0 Å². The van der Waals surface area contributed by atoms with E-state index in [-0.39, 0.29) is 0 Å². The summed E-state index contributed by atoms with van der Waals surface area (Å²) in [5.74, 6) is 0. The highest BCUT2D eigenvalue weighted by molar-refractivity contribution is 7.79. The molecule has 0 aliphatic heterocycles. The Morgan fingerprint density at radius 2 is 0.725 bits per heavy atom. The fourth-order valence-corrected chi connectivity index (χ4v) is 9.22. The predicted molar refractivity (Wildman–Crippen MR) is 171 cm³/mol. The second-order valence-electron chi connectivity index (χ2n) is 9.68. The van der Waals surface area contributed by atoms with Gasteiger partial charge in [0.2, 0.25) is 0 Å². The molecule has 0 aliphatic carbocycles. The van der Waals surface area contributed by atoms with Crippen LogP contribution in [0.15, 0.2) is 134 Å². The second kappa shape index (κ2) is 13.0. The first-order valence-corrected chi connectivity index (χ1v) is 16.4. The molecule has 0 unspecified atom stereocenters. The molecule has 40 heavy (non-hydrogen) atoms. The number of hydrogen-bond donors (Lipinski definition) is 2. The second-order valence-corrected chi connectivity index (χ2v) is 13.9. The van der Waals surface area contributed by atoms with E-state index in [4.69, 9.17) is 9.97 Å². The van der Waals surface area contributed by atoms with Gasteiger partial charge >= 0.3 is 0 Å². The van der Waals surface area contributed by atoms with Crippen LogP contribution in [0.25, 0.3) is 0 Å². The zero-order valence-corrected chi connectivity index (χ0v) is 24.1. The summed E-state index contributed by atoms with van der Waals surface area (Å²) in [6.07, 6.45) is 8.21. The van der Waals surface area contributed by atoms with Crippen molar-refractivity contribution in [2.45, 2.75) is 25.7 Å². The molecule has 0 bridgehead atoms. The molecule has 6 heteroatoms. The average molecular weight is 559 g/mol. The lowest BCUT2D eigenvalue weighted by molar-refractivity contribution is 0.718. The molecule has 6 aromatic rings. The molecular weight excluding hydrogens is 526 g/mol. The highest BCUT2D eigenvalue weighted by Gasteiger charge is 2.20. The van der Waals surface area contributed by atoms with Crippen LogP contribution in [0.4, 0.5) is 0 Å². The summed E-state index contributed by atoms with van der Waals surface area (Å²) in [7, 11) is -1.40. The fraction of sp³-hybridized carbons (Fsp3) is 0.118. The van der Waals surface area contributed by atoms with Gasteiger partial charge in [-0.25, -0.2) is 9.97 Å².